The maximum absolute atomic E-state index is 9.75. The van der Waals surface area contributed by atoms with Crippen molar-refractivity contribution in [1.82, 2.24) is 0 Å². The molecule has 2 atom stereocenters. The number of hydrogen-bond donors (Lipinski definition) is 2. The van der Waals surface area contributed by atoms with Crippen LogP contribution < -0.4 is 0 Å². The van der Waals surface area contributed by atoms with Crippen LogP contribution in [0.4, 0.5) is 0 Å². The lowest BCUT2D eigenvalue weighted by atomic mass is 10.1. The highest BCUT2D eigenvalue weighted by atomic mass is 32.1. The van der Waals surface area contributed by atoms with Gasteiger partial charge in [-0.05, 0) is 18.6 Å². The molecule has 1 N–H and O–H groups in total. The van der Waals surface area contributed by atoms with E-state index >= 15 is 0 Å². The van der Waals surface area contributed by atoms with Crippen LogP contribution in [0.5, 0.6) is 0 Å². The molecule has 0 spiro atoms. The number of unbranched alkanes of at least 4 members (excludes halogenated alkanes) is 2. The fraction of sp³-hybridized carbons (Fsp3) is 1.00. The molecule has 1 rings (SSSR count). The van der Waals surface area contributed by atoms with E-state index in [2.05, 4.69) is 12.6 Å². The van der Waals surface area contributed by atoms with E-state index in [-0.39, 0.29) is 12.2 Å². The van der Waals surface area contributed by atoms with Gasteiger partial charge in [0.05, 0.1) is 25.9 Å². The van der Waals surface area contributed by atoms with Crippen LogP contribution in [0.3, 0.4) is 0 Å². The smallest absolute Gasteiger partial charge is 0.107 e. The van der Waals surface area contributed by atoms with E-state index in [1.807, 2.05) is 0 Å². The van der Waals surface area contributed by atoms with Crippen molar-refractivity contribution in [3.05, 3.63) is 0 Å². The van der Waals surface area contributed by atoms with Gasteiger partial charge in [-0.3, -0.25) is 0 Å². The minimum Gasteiger partial charge on any atom is -0.390 e. The van der Waals surface area contributed by atoms with E-state index in [0.717, 1.165) is 31.4 Å². The van der Waals surface area contributed by atoms with Crippen LogP contribution in [0.1, 0.15) is 25.7 Å². The average molecular weight is 220 g/mol. The third-order valence-electron chi connectivity index (χ3n) is 2.43. The minimum atomic E-state index is -0.366. The predicted molar refractivity (Wildman–Crippen MR) is 58.9 cm³/mol. The summed E-state index contributed by atoms with van der Waals surface area (Å²) in [5.74, 6) is 0.930. The van der Waals surface area contributed by atoms with Crippen LogP contribution >= 0.6 is 12.6 Å². The Hall–Kier alpha value is 0.230. The van der Waals surface area contributed by atoms with Gasteiger partial charge in [0.1, 0.15) is 6.10 Å². The van der Waals surface area contributed by atoms with E-state index in [1.54, 1.807) is 0 Å². The Morgan fingerprint density at radius 1 is 1.29 bits per heavy atom. The van der Waals surface area contributed by atoms with Crippen molar-refractivity contribution in [3.63, 3.8) is 0 Å². The monoisotopic (exact) mass is 220 g/mol. The summed E-state index contributed by atoms with van der Waals surface area (Å²) in [5, 5.41) is 9.75. The van der Waals surface area contributed by atoms with Gasteiger partial charge in [-0.25, -0.2) is 0 Å². The van der Waals surface area contributed by atoms with E-state index in [0.29, 0.717) is 19.8 Å². The second-order valence-corrected chi connectivity index (χ2v) is 4.07. The SMILES string of the molecule is OC(CCCCCS)C1COCCO1. The standard InChI is InChI=1S/C10H20O3S/c11-9(4-2-1-3-7-14)10-8-12-5-6-13-10/h9-11,14H,1-8H2. The lowest BCUT2D eigenvalue weighted by Crippen LogP contribution is -2.38. The largest absolute Gasteiger partial charge is 0.390 e. The average Bonchev–Trinajstić information content (AvgIpc) is 2.25. The second kappa shape index (κ2) is 7.51. The van der Waals surface area contributed by atoms with E-state index in [1.165, 1.54) is 0 Å². The Balaban J connectivity index is 2.04. The number of rotatable bonds is 6. The van der Waals surface area contributed by atoms with Gasteiger partial charge in [0.15, 0.2) is 0 Å². The van der Waals surface area contributed by atoms with Crippen LogP contribution in [-0.4, -0.2) is 42.9 Å². The molecule has 2 unspecified atom stereocenters. The van der Waals surface area contributed by atoms with Crippen LogP contribution in [0, 0.1) is 0 Å². The Morgan fingerprint density at radius 2 is 2.14 bits per heavy atom. The zero-order chi connectivity index (χ0) is 10.2. The summed E-state index contributed by atoms with van der Waals surface area (Å²) < 4.78 is 10.6. The van der Waals surface area contributed by atoms with Crippen LogP contribution in [0.2, 0.25) is 0 Å². The van der Waals surface area contributed by atoms with Crippen molar-refractivity contribution in [2.75, 3.05) is 25.6 Å². The molecule has 0 bridgehead atoms. The molecule has 14 heavy (non-hydrogen) atoms. The lowest BCUT2D eigenvalue weighted by molar-refractivity contribution is -0.133. The Bertz CT molecular complexity index is 137. The van der Waals surface area contributed by atoms with E-state index in [4.69, 9.17) is 9.47 Å². The number of ether oxygens (including phenoxy) is 2. The maximum atomic E-state index is 9.75. The molecule has 0 aliphatic carbocycles. The van der Waals surface area contributed by atoms with E-state index in [9.17, 15) is 5.11 Å². The van der Waals surface area contributed by atoms with Crippen LogP contribution in [0.25, 0.3) is 0 Å². The minimum absolute atomic E-state index is 0.111. The zero-order valence-corrected chi connectivity index (χ0v) is 9.42. The number of thiol groups is 1. The first-order chi connectivity index (χ1) is 6.84. The van der Waals surface area contributed by atoms with Gasteiger partial charge < -0.3 is 14.6 Å². The van der Waals surface area contributed by atoms with Crippen LogP contribution in [-0.2, 0) is 9.47 Å². The molecule has 0 saturated carbocycles. The zero-order valence-electron chi connectivity index (χ0n) is 8.52. The summed E-state index contributed by atoms with van der Waals surface area (Å²) >= 11 is 4.14. The fourth-order valence-electron chi connectivity index (χ4n) is 1.56. The van der Waals surface area contributed by atoms with Crippen molar-refractivity contribution in [3.8, 4) is 0 Å². The molecule has 1 fully saturated rings. The molecule has 1 aliphatic rings. The van der Waals surface area contributed by atoms with Gasteiger partial charge >= 0.3 is 0 Å². The first kappa shape index (κ1) is 12.3. The lowest BCUT2D eigenvalue weighted by Gasteiger charge is -2.27. The normalized spacial score (nSPS) is 24.9. The molecule has 3 nitrogen and oxygen atoms in total. The number of hydrogen-bond acceptors (Lipinski definition) is 4. The van der Waals surface area contributed by atoms with Crippen LogP contribution in [0.15, 0.2) is 0 Å². The molecule has 0 aromatic carbocycles. The maximum Gasteiger partial charge on any atom is 0.107 e. The highest BCUT2D eigenvalue weighted by molar-refractivity contribution is 7.80. The molecule has 0 aromatic heterocycles. The molecule has 84 valence electrons. The Morgan fingerprint density at radius 3 is 2.79 bits per heavy atom. The highest BCUT2D eigenvalue weighted by Gasteiger charge is 2.22. The molecule has 4 heteroatoms. The molecule has 0 aromatic rings. The van der Waals surface area contributed by atoms with Gasteiger partial charge in [0, 0.05) is 0 Å². The summed E-state index contributed by atoms with van der Waals surface area (Å²) in [6.45, 7) is 1.80. The van der Waals surface area contributed by atoms with Crippen molar-refractivity contribution in [2.24, 2.45) is 0 Å². The summed E-state index contributed by atoms with van der Waals surface area (Å²) in [6, 6.07) is 0. The van der Waals surface area contributed by atoms with Crippen molar-refractivity contribution in [1.29, 1.82) is 0 Å². The molecule has 1 saturated heterocycles. The Kier molecular flexibility index (Phi) is 6.60. The first-order valence-corrected chi connectivity index (χ1v) is 5.96. The van der Waals surface area contributed by atoms with Gasteiger partial charge in [0.2, 0.25) is 0 Å². The molecule has 1 heterocycles. The third-order valence-corrected chi connectivity index (χ3v) is 2.75. The van der Waals surface area contributed by atoms with Gasteiger partial charge in [0.25, 0.3) is 0 Å². The summed E-state index contributed by atoms with van der Waals surface area (Å²) in [6.07, 6.45) is 3.63. The topological polar surface area (TPSA) is 38.7 Å². The van der Waals surface area contributed by atoms with Crippen molar-refractivity contribution < 1.29 is 14.6 Å². The van der Waals surface area contributed by atoms with Gasteiger partial charge in [-0.2, -0.15) is 12.6 Å². The van der Waals surface area contributed by atoms with E-state index < -0.39 is 0 Å². The van der Waals surface area contributed by atoms with Crippen molar-refractivity contribution >= 4 is 12.6 Å². The third kappa shape index (κ3) is 4.64. The summed E-state index contributed by atoms with van der Waals surface area (Å²) in [5.41, 5.74) is 0. The molecular weight excluding hydrogens is 200 g/mol. The number of aliphatic hydroxyl groups excluding tert-OH is 1. The summed E-state index contributed by atoms with van der Waals surface area (Å²) in [7, 11) is 0. The fourth-order valence-corrected chi connectivity index (χ4v) is 1.78. The molecule has 0 radical (unpaired) electrons. The first-order valence-electron chi connectivity index (χ1n) is 5.33. The molecule has 0 amide bonds. The Labute approximate surface area is 91.2 Å². The second-order valence-electron chi connectivity index (χ2n) is 3.62. The van der Waals surface area contributed by atoms with Gasteiger partial charge in [-0.1, -0.05) is 12.8 Å². The van der Waals surface area contributed by atoms with Crippen molar-refractivity contribution in [2.45, 2.75) is 37.9 Å². The number of aliphatic hydroxyl groups is 1. The highest BCUT2D eigenvalue weighted by Crippen LogP contribution is 2.12. The molecule has 1 aliphatic heterocycles. The summed E-state index contributed by atoms with van der Waals surface area (Å²) in [4.78, 5) is 0. The predicted octanol–water partition coefficient (Wildman–Crippen LogP) is 1.25. The van der Waals surface area contributed by atoms with Gasteiger partial charge in [-0.15, -0.1) is 0 Å². The molecular formula is C10H20O3S. The quantitative estimate of drug-likeness (QED) is 0.523.